The first-order valence-corrected chi connectivity index (χ1v) is 53.6. The van der Waals surface area contributed by atoms with Crippen LogP contribution in [0.1, 0.15) is 193 Å². The number of hydrogen-bond acceptors (Lipinski definition) is 26. The maximum atomic E-state index is 12.4. The number of halogens is 1. The third kappa shape index (κ3) is 32.8. The van der Waals surface area contributed by atoms with E-state index in [1.54, 1.807) is 40.1 Å². The minimum Gasteiger partial charge on any atom is -0.490 e. The molecular formula is C106H129ClN18O7S6. The van der Waals surface area contributed by atoms with E-state index in [4.69, 9.17) is 75.2 Å². The maximum absolute atomic E-state index is 12.4. The molecule has 10 aromatic heterocycles. The molecular weight excluding hydrogens is 1870 g/mol. The van der Waals surface area contributed by atoms with Crippen LogP contribution in [-0.2, 0) is 41.3 Å². The van der Waals surface area contributed by atoms with Crippen LogP contribution in [0, 0.1) is 25.6 Å². The molecule has 0 saturated carbocycles. The van der Waals surface area contributed by atoms with E-state index in [0.29, 0.717) is 94.7 Å². The molecule has 5 aromatic carbocycles. The van der Waals surface area contributed by atoms with E-state index in [0.717, 1.165) is 187 Å². The summed E-state index contributed by atoms with van der Waals surface area (Å²) in [6.07, 6.45) is 6.60. The lowest BCUT2D eigenvalue weighted by Crippen LogP contribution is -2.09. The molecule has 728 valence electrons. The molecule has 138 heavy (non-hydrogen) atoms. The van der Waals surface area contributed by atoms with Crippen LogP contribution in [0.3, 0.4) is 0 Å². The van der Waals surface area contributed by atoms with Crippen molar-refractivity contribution in [1.82, 2.24) is 49.8 Å². The average molecular weight is 2000 g/mol. The standard InChI is InChI=1S/C21H23ClN4OS.C21H24N4OS.C21H27N3OS.C20H25N3O3S2.C19H20N4OS.C4H10/c1-12(2)24-21-26-17(11-28-21)16-10-18(27-13(3)4)15-7-6-14(8-9-23-5)19(22)20(15)25-16;1-13(2)23-21-25-19(12-27-21)18-11-20(26-14(3)4)16-7-6-15(8-9-22-5)10-17(16)24-18;1-6-7-15-8-9-16-17(10-15)23-18(11-20(16)25-14(4)5)19-12-26-21(24-19)22-13(2)3;1-12(2)21-20-23-18(10-27-20)17-9-19(26-13(3)4)15-7-6-14(8-16(15)22-17)11-28(5,24)25;1-12(2)21-19-23-17(11-25-19)16-10-18(24)14-7-6-13(5-4-8-20-3)9-15(14)22-16;1-4(2)3/h6-7,10-13H,8-9H2,1-4H3,(H,24,26);6-7,10-14H,8-9H2,1-4H3,(H,23,25);8-14H,6-7H2,1-5H3,(H,22,24);6-10,12-13H,11H2,1-5H3,(H,21,23);6-7,9-12H,4-5,8H2,1-2H3,(H,21,23)(H,22,24);4H,1-3H3. The van der Waals surface area contributed by atoms with E-state index in [2.05, 4.69) is 193 Å². The fourth-order valence-corrected chi connectivity index (χ4v) is 19.3. The first kappa shape index (κ1) is 108. The van der Waals surface area contributed by atoms with E-state index in [1.807, 2.05) is 161 Å². The van der Waals surface area contributed by atoms with Crippen molar-refractivity contribution in [3.63, 3.8) is 0 Å². The fraction of sp³-hybridized carbons (Fsp3) is 0.406. The van der Waals surface area contributed by atoms with Gasteiger partial charge in [-0.2, -0.15) is 0 Å². The molecule has 0 unspecified atom stereocenters. The minimum absolute atomic E-state index is 0.00255. The highest BCUT2D eigenvalue weighted by Gasteiger charge is 2.23. The van der Waals surface area contributed by atoms with E-state index < -0.39 is 9.84 Å². The predicted octanol–water partition coefficient (Wildman–Crippen LogP) is 27.9. The number of rotatable bonds is 34. The Balaban J connectivity index is 0.000000176. The van der Waals surface area contributed by atoms with Crippen LogP contribution in [0.25, 0.3) is 126 Å². The third-order valence-electron chi connectivity index (χ3n) is 19.4. The zero-order valence-corrected chi connectivity index (χ0v) is 88.9. The van der Waals surface area contributed by atoms with Crippen LogP contribution in [0.15, 0.2) is 147 Å². The summed E-state index contributed by atoms with van der Waals surface area (Å²) in [7, 11) is -3.12. The largest absolute Gasteiger partial charge is 0.490 e. The minimum atomic E-state index is -3.12. The molecule has 10 heterocycles. The van der Waals surface area contributed by atoms with Gasteiger partial charge in [0.2, 0.25) is 19.6 Å². The van der Waals surface area contributed by atoms with Gasteiger partial charge in [0.15, 0.2) is 40.9 Å². The number of nitrogens with zero attached hydrogens (tertiary/aromatic N) is 12. The number of benzene rings is 5. The van der Waals surface area contributed by atoms with Crippen molar-refractivity contribution in [2.24, 2.45) is 5.92 Å². The van der Waals surface area contributed by atoms with Crippen LogP contribution in [-0.4, -0.2) is 139 Å². The van der Waals surface area contributed by atoms with Gasteiger partial charge in [0.05, 0.1) is 96.9 Å². The maximum Gasteiger partial charge on any atom is 0.218 e. The number of thiazole rings is 5. The van der Waals surface area contributed by atoms with Crippen molar-refractivity contribution in [2.45, 2.75) is 251 Å². The molecule has 0 fully saturated rings. The number of sulfone groups is 1. The molecule has 0 spiro atoms. The Morgan fingerprint density at radius 1 is 0.377 bits per heavy atom. The number of pyridine rings is 5. The van der Waals surface area contributed by atoms with Gasteiger partial charge in [-0.15, -0.1) is 56.7 Å². The Bertz CT molecular complexity index is 6890. The highest BCUT2D eigenvalue weighted by molar-refractivity contribution is 7.89. The van der Waals surface area contributed by atoms with Crippen molar-refractivity contribution >= 4 is 158 Å². The molecule has 0 atom stereocenters. The number of hydrogen-bond donors (Lipinski definition) is 6. The number of ether oxygens (including phenoxy) is 4. The van der Waals surface area contributed by atoms with E-state index in [1.165, 1.54) is 34.5 Å². The molecule has 0 aliphatic carbocycles. The second-order valence-electron chi connectivity index (χ2n) is 36.6. The van der Waals surface area contributed by atoms with Crippen molar-refractivity contribution in [3.05, 3.63) is 219 Å². The molecule has 25 nitrogen and oxygen atoms in total. The number of anilines is 5. The zero-order chi connectivity index (χ0) is 100. The van der Waals surface area contributed by atoms with Gasteiger partial charge in [-0.1, -0.05) is 76.0 Å². The van der Waals surface area contributed by atoms with Crippen LogP contribution in [0.4, 0.5) is 25.7 Å². The quantitative estimate of drug-likeness (QED) is 0.0161. The summed E-state index contributed by atoms with van der Waals surface area (Å²) in [5, 5.41) is 35.9. The molecule has 0 saturated heterocycles. The van der Waals surface area contributed by atoms with Crippen molar-refractivity contribution in [1.29, 1.82) is 0 Å². The van der Waals surface area contributed by atoms with E-state index in [-0.39, 0.29) is 35.6 Å². The Kier molecular flexibility index (Phi) is 40.4. The summed E-state index contributed by atoms with van der Waals surface area (Å²) >= 11 is 14.5. The van der Waals surface area contributed by atoms with Crippen molar-refractivity contribution < 1.29 is 27.4 Å². The molecule has 0 aliphatic heterocycles. The number of fused-ring (bicyclic) bond motifs is 5. The SMILES string of the molecule is CC(C)C.CC(C)Nc1nc(-c2cc(OC(C)C)c3ccc(CS(C)(=O)=O)cc3n2)cs1.CCCc1ccc2c(OC(C)C)cc(-c3csc(NC(C)C)n3)nc2c1.[C-]#[N+]CCCc1ccc2c(=O)cc(-c3csc(NC(C)C)n3)[nH]c2c1.[C-]#[N+]CCc1ccc2c(OC(C)C)cc(-c3csc(NC(C)C)n3)nc2c1.[C-]#[N+]CCc1ccc2c(OC(C)C)cc(-c3csc(NC(C)C)n3)nc2c1Cl. The van der Waals surface area contributed by atoms with Gasteiger partial charge >= 0.3 is 0 Å². The van der Waals surface area contributed by atoms with Gasteiger partial charge < -0.3 is 65.1 Å². The number of aromatic nitrogens is 10. The lowest BCUT2D eigenvalue weighted by Gasteiger charge is -2.15. The molecule has 0 amide bonds. The third-order valence-corrected chi connectivity index (χ3v) is 24.6. The Morgan fingerprint density at radius 3 is 1.07 bits per heavy atom. The van der Waals surface area contributed by atoms with E-state index in [9.17, 15) is 13.2 Å². The molecule has 15 aromatic rings. The normalized spacial score (nSPS) is 11.3. The Morgan fingerprint density at radius 2 is 0.703 bits per heavy atom. The summed E-state index contributed by atoms with van der Waals surface area (Å²) in [6, 6.07) is 38.9. The van der Waals surface area contributed by atoms with E-state index >= 15 is 0 Å². The molecule has 0 radical (unpaired) electrons. The number of aryl methyl sites for hydroxylation is 2. The summed E-state index contributed by atoms with van der Waals surface area (Å²) in [4.78, 5) is 68.5. The first-order valence-electron chi connectivity index (χ1n) is 46.8. The fourth-order valence-electron chi connectivity index (χ4n) is 14.0. The number of nitrogens with one attached hydrogen (secondary N) is 6. The van der Waals surface area contributed by atoms with Gasteiger partial charge in [-0.25, -0.2) is 73.0 Å². The highest BCUT2D eigenvalue weighted by atomic mass is 35.5. The highest BCUT2D eigenvalue weighted by Crippen LogP contribution is 2.41. The average Bonchev–Trinajstić information content (AvgIpc) is 1.11. The van der Waals surface area contributed by atoms with Gasteiger partial charge in [0.25, 0.3) is 0 Å². The van der Waals surface area contributed by atoms with Gasteiger partial charge in [-0.3, -0.25) is 4.79 Å². The molecule has 0 bridgehead atoms. The predicted molar refractivity (Wildman–Crippen MR) is 582 cm³/mol. The van der Waals surface area contributed by atoms with Crippen molar-refractivity contribution in [2.75, 3.05) is 52.5 Å². The summed E-state index contributed by atoms with van der Waals surface area (Å²) in [5.74, 6) is 3.95. The van der Waals surface area contributed by atoms with Gasteiger partial charge in [0, 0.05) is 140 Å². The summed E-state index contributed by atoms with van der Waals surface area (Å²) in [5.41, 5.74) is 17.0. The smallest absolute Gasteiger partial charge is 0.218 e. The monoisotopic (exact) mass is 1990 g/mol. The Hall–Kier alpha value is -12.0. The van der Waals surface area contributed by atoms with Crippen LogP contribution < -0.4 is 51.0 Å². The summed E-state index contributed by atoms with van der Waals surface area (Å²) < 4.78 is 47.5. The Labute approximate surface area is 838 Å². The number of aromatic amines is 1. The number of H-pyrrole nitrogens is 1. The zero-order valence-electron chi connectivity index (χ0n) is 83.3. The van der Waals surface area contributed by atoms with Crippen LogP contribution in [0.5, 0.6) is 23.0 Å². The van der Waals surface area contributed by atoms with Crippen LogP contribution in [0.2, 0.25) is 5.02 Å². The molecule has 0 aliphatic rings. The molecule has 15 rings (SSSR count). The second kappa shape index (κ2) is 51.6. The molecule has 6 N–H and O–H groups in total. The lowest BCUT2D eigenvalue weighted by molar-refractivity contribution is 0.245. The lowest BCUT2D eigenvalue weighted by atomic mass is 10.1. The van der Waals surface area contributed by atoms with Gasteiger partial charge in [-0.05, 0) is 226 Å². The van der Waals surface area contributed by atoms with Gasteiger partial charge in [0.1, 0.15) is 45.8 Å². The molecule has 32 heteroatoms. The second-order valence-corrected chi connectivity index (χ2v) is 43.4. The topological polar surface area (TPSA) is 293 Å². The van der Waals surface area contributed by atoms with Crippen LogP contribution >= 0.6 is 68.3 Å². The first-order chi connectivity index (χ1) is 65.7. The summed E-state index contributed by atoms with van der Waals surface area (Å²) in [6.45, 7) is 67.9. The van der Waals surface area contributed by atoms with Crippen molar-refractivity contribution in [3.8, 4) is 79.9 Å².